The number of amides is 2. The number of sulfonamides is 1. The molecule has 0 aliphatic heterocycles. The van der Waals surface area contributed by atoms with Crippen LogP contribution in [0.3, 0.4) is 0 Å². The molecule has 0 saturated carbocycles. The van der Waals surface area contributed by atoms with Gasteiger partial charge in [-0.1, -0.05) is 67.9 Å². The van der Waals surface area contributed by atoms with Gasteiger partial charge in [-0.2, -0.15) is 0 Å². The summed E-state index contributed by atoms with van der Waals surface area (Å²) in [6, 6.07) is 22.0. The van der Waals surface area contributed by atoms with E-state index in [9.17, 15) is 18.0 Å². The summed E-state index contributed by atoms with van der Waals surface area (Å²) in [5.74, 6) is -0.262. The van der Waals surface area contributed by atoms with E-state index in [1.165, 1.54) is 24.1 Å². The highest BCUT2D eigenvalue weighted by Crippen LogP contribution is 2.28. The van der Waals surface area contributed by atoms with Gasteiger partial charge >= 0.3 is 0 Å². The second kappa shape index (κ2) is 14.7. The molecule has 3 aromatic carbocycles. The molecule has 0 aliphatic rings. The van der Waals surface area contributed by atoms with Gasteiger partial charge in [-0.15, -0.1) is 0 Å². The lowest BCUT2D eigenvalue weighted by atomic mass is 10.1. The van der Waals surface area contributed by atoms with Crippen molar-refractivity contribution in [2.75, 3.05) is 24.5 Å². The minimum Gasteiger partial charge on any atom is -0.497 e. The number of nitrogens with one attached hydrogen (secondary N) is 1. The molecule has 1 N–H and O–H groups in total. The lowest BCUT2D eigenvalue weighted by molar-refractivity contribution is -0.139. The SMILES string of the molecule is CC[C@H](C(=O)N[C@@H](C)CC)N(CCc1ccccc1)C(=O)CN(c1cccc(OC)c1)S(=O)(=O)c1ccc(C)cc1. The van der Waals surface area contributed by atoms with Gasteiger partial charge in [0.05, 0.1) is 17.7 Å². The van der Waals surface area contributed by atoms with Crippen molar-refractivity contribution >= 4 is 27.5 Å². The Morgan fingerprint density at radius 2 is 1.61 bits per heavy atom. The van der Waals surface area contributed by atoms with Gasteiger partial charge in [0, 0.05) is 18.7 Å². The van der Waals surface area contributed by atoms with E-state index in [4.69, 9.17) is 4.74 Å². The molecule has 0 bridgehead atoms. The number of carbonyl (C=O) groups is 2. The van der Waals surface area contributed by atoms with Gasteiger partial charge in [-0.25, -0.2) is 8.42 Å². The van der Waals surface area contributed by atoms with Crippen LogP contribution in [0.1, 0.15) is 44.7 Å². The normalized spacial score (nSPS) is 12.7. The monoisotopic (exact) mass is 579 g/mol. The molecule has 220 valence electrons. The highest BCUT2D eigenvalue weighted by Gasteiger charge is 2.33. The minimum atomic E-state index is -4.14. The van der Waals surface area contributed by atoms with E-state index < -0.39 is 28.5 Å². The number of methoxy groups -OCH3 is 1. The molecule has 41 heavy (non-hydrogen) atoms. The molecular formula is C32H41N3O5S. The quantitative estimate of drug-likeness (QED) is 0.291. The smallest absolute Gasteiger partial charge is 0.264 e. The Hall–Kier alpha value is -3.85. The van der Waals surface area contributed by atoms with Crippen LogP contribution in [0.25, 0.3) is 0 Å². The van der Waals surface area contributed by atoms with Crippen LogP contribution < -0.4 is 14.4 Å². The van der Waals surface area contributed by atoms with Gasteiger partial charge in [0.1, 0.15) is 18.3 Å². The van der Waals surface area contributed by atoms with Crippen molar-refractivity contribution in [1.29, 1.82) is 0 Å². The van der Waals surface area contributed by atoms with Gasteiger partial charge in [-0.05, 0) is 62.9 Å². The highest BCUT2D eigenvalue weighted by atomic mass is 32.2. The maximum atomic E-state index is 14.1. The molecule has 0 spiro atoms. The molecule has 9 heteroatoms. The van der Waals surface area contributed by atoms with E-state index in [1.54, 1.807) is 36.4 Å². The lowest BCUT2D eigenvalue weighted by Crippen LogP contribution is -2.54. The molecular weight excluding hydrogens is 538 g/mol. The molecule has 0 saturated heterocycles. The summed E-state index contributed by atoms with van der Waals surface area (Å²) in [6.45, 7) is 7.40. The summed E-state index contributed by atoms with van der Waals surface area (Å²) in [4.78, 5) is 29.0. The van der Waals surface area contributed by atoms with Crippen LogP contribution in [-0.4, -0.2) is 57.4 Å². The van der Waals surface area contributed by atoms with Crippen molar-refractivity contribution < 1.29 is 22.7 Å². The van der Waals surface area contributed by atoms with Crippen LogP contribution in [0.4, 0.5) is 5.69 Å². The fourth-order valence-electron chi connectivity index (χ4n) is 4.47. The van der Waals surface area contributed by atoms with E-state index in [2.05, 4.69) is 5.32 Å². The molecule has 0 radical (unpaired) electrons. The molecule has 2 atom stereocenters. The number of nitrogens with zero attached hydrogens (tertiary/aromatic N) is 2. The predicted molar refractivity (Wildman–Crippen MR) is 163 cm³/mol. The third kappa shape index (κ3) is 8.33. The number of rotatable bonds is 14. The first kappa shape index (κ1) is 31.7. The summed E-state index contributed by atoms with van der Waals surface area (Å²) in [7, 11) is -2.64. The second-order valence-electron chi connectivity index (χ2n) is 10.1. The lowest BCUT2D eigenvalue weighted by Gasteiger charge is -2.33. The first-order chi connectivity index (χ1) is 19.6. The average molecular weight is 580 g/mol. The van der Waals surface area contributed by atoms with Crippen molar-refractivity contribution in [2.24, 2.45) is 0 Å². The Bertz CT molecular complexity index is 1390. The Kier molecular flexibility index (Phi) is 11.3. The second-order valence-corrected chi connectivity index (χ2v) is 12.0. The van der Waals surface area contributed by atoms with Crippen LogP contribution in [0.15, 0.2) is 83.8 Å². The molecule has 8 nitrogen and oxygen atoms in total. The molecule has 0 aromatic heterocycles. The van der Waals surface area contributed by atoms with Gasteiger partial charge in [0.15, 0.2) is 0 Å². The molecule has 2 amide bonds. The molecule has 0 aliphatic carbocycles. The summed E-state index contributed by atoms with van der Waals surface area (Å²) >= 11 is 0. The average Bonchev–Trinajstić information content (AvgIpc) is 2.98. The van der Waals surface area contributed by atoms with Crippen molar-refractivity contribution in [3.63, 3.8) is 0 Å². The molecule has 0 heterocycles. The molecule has 0 fully saturated rings. The van der Waals surface area contributed by atoms with E-state index in [-0.39, 0.29) is 23.4 Å². The highest BCUT2D eigenvalue weighted by molar-refractivity contribution is 7.92. The Labute approximate surface area is 244 Å². The number of hydrogen-bond donors (Lipinski definition) is 1. The number of ether oxygens (including phenoxy) is 1. The summed E-state index contributed by atoms with van der Waals surface area (Å²) < 4.78 is 34.4. The van der Waals surface area contributed by atoms with E-state index in [0.29, 0.717) is 24.3 Å². The van der Waals surface area contributed by atoms with Crippen molar-refractivity contribution in [3.05, 3.63) is 90.0 Å². The van der Waals surface area contributed by atoms with E-state index in [1.807, 2.05) is 58.0 Å². The topological polar surface area (TPSA) is 96.0 Å². The standard InChI is InChI=1S/C32H41N3O5S/c1-6-25(4)33-32(37)30(7-2)34(21-20-26-12-9-8-10-13-26)31(36)23-35(27-14-11-15-28(22-27)40-5)41(38,39)29-18-16-24(3)17-19-29/h8-19,22,25,30H,6-7,20-21,23H2,1-5H3,(H,33,37)/t25-,30+/m0/s1. The van der Waals surface area contributed by atoms with Crippen molar-refractivity contribution in [3.8, 4) is 5.75 Å². The summed E-state index contributed by atoms with van der Waals surface area (Å²) in [5.41, 5.74) is 2.22. The van der Waals surface area contributed by atoms with Gasteiger partial charge < -0.3 is 15.0 Å². The first-order valence-electron chi connectivity index (χ1n) is 14.0. The van der Waals surface area contributed by atoms with E-state index in [0.717, 1.165) is 21.9 Å². The van der Waals surface area contributed by atoms with Crippen molar-refractivity contribution in [2.45, 2.75) is 63.9 Å². The maximum absolute atomic E-state index is 14.1. The van der Waals surface area contributed by atoms with Gasteiger partial charge in [-0.3, -0.25) is 13.9 Å². The third-order valence-corrected chi connectivity index (χ3v) is 8.89. The van der Waals surface area contributed by atoms with Crippen LogP contribution in [-0.2, 0) is 26.0 Å². The Morgan fingerprint density at radius 3 is 2.22 bits per heavy atom. The van der Waals surface area contributed by atoms with Crippen LogP contribution >= 0.6 is 0 Å². The van der Waals surface area contributed by atoms with Crippen LogP contribution in [0, 0.1) is 6.92 Å². The number of carbonyl (C=O) groups excluding carboxylic acids is 2. The molecule has 3 rings (SSSR count). The molecule has 3 aromatic rings. The number of benzene rings is 3. The maximum Gasteiger partial charge on any atom is 0.264 e. The predicted octanol–water partition coefficient (Wildman–Crippen LogP) is 4.96. The zero-order valence-corrected chi connectivity index (χ0v) is 25.4. The first-order valence-corrected chi connectivity index (χ1v) is 15.4. The van der Waals surface area contributed by atoms with Crippen molar-refractivity contribution in [1.82, 2.24) is 10.2 Å². The number of anilines is 1. The number of hydrogen-bond acceptors (Lipinski definition) is 5. The third-order valence-electron chi connectivity index (χ3n) is 7.10. The fraction of sp³-hybridized carbons (Fsp3) is 0.375. The van der Waals surface area contributed by atoms with E-state index >= 15 is 0 Å². The van der Waals surface area contributed by atoms with Gasteiger partial charge in [0.25, 0.3) is 10.0 Å². The molecule has 0 unspecified atom stereocenters. The fourth-order valence-corrected chi connectivity index (χ4v) is 5.87. The number of aryl methyl sites for hydroxylation is 1. The zero-order chi connectivity index (χ0) is 30.0. The summed E-state index contributed by atoms with van der Waals surface area (Å²) in [6.07, 6.45) is 1.65. The summed E-state index contributed by atoms with van der Waals surface area (Å²) in [5, 5.41) is 2.99. The largest absolute Gasteiger partial charge is 0.497 e. The Morgan fingerprint density at radius 1 is 0.927 bits per heavy atom. The van der Waals surface area contributed by atoms with Crippen LogP contribution in [0.5, 0.6) is 5.75 Å². The van der Waals surface area contributed by atoms with Crippen LogP contribution in [0.2, 0.25) is 0 Å². The van der Waals surface area contributed by atoms with Gasteiger partial charge in [0.2, 0.25) is 11.8 Å². The Balaban J connectivity index is 2.03. The zero-order valence-electron chi connectivity index (χ0n) is 24.5. The minimum absolute atomic E-state index is 0.0576.